The molecule has 3 aromatic rings. The zero-order valence-electron chi connectivity index (χ0n) is 17.5. The second-order valence-electron chi connectivity index (χ2n) is 7.05. The number of benzene rings is 3. The van der Waals surface area contributed by atoms with Gasteiger partial charge < -0.3 is 15.0 Å². The number of carbonyl (C=O) groups is 2. The second-order valence-corrected chi connectivity index (χ2v) is 7.05. The molecule has 5 nitrogen and oxygen atoms in total. The van der Waals surface area contributed by atoms with E-state index in [2.05, 4.69) is 5.32 Å². The van der Waals surface area contributed by atoms with Gasteiger partial charge in [-0.3, -0.25) is 9.59 Å². The van der Waals surface area contributed by atoms with Gasteiger partial charge in [0.2, 0.25) is 0 Å². The number of ether oxygens (including phenoxy) is 1. The number of amides is 2. The van der Waals surface area contributed by atoms with E-state index in [0.29, 0.717) is 23.4 Å². The number of rotatable bonds is 7. The molecule has 1 unspecified atom stereocenters. The molecular formula is C25H26N2O3. The Kier molecular flexibility index (Phi) is 6.86. The van der Waals surface area contributed by atoms with Crippen molar-refractivity contribution >= 4 is 23.2 Å². The first-order chi connectivity index (χ1) is 14.5. The molecule has 0 saturated heterocycles. The van der Waals surface area contributed by atoms with Crippen molar-refractivity contribution in [2.24, 2.45) is 0 Å². The molecule has 0 aliphatic carbocycles. The first-order valence-electron chi connectivity index (χ1n) is 9.96. The van der Waals surface area contributed by atoms with Gasteiger partial charge in [0.15, 0.2) is 6.10 Å². The highest BCUT2D eigenvalue weighted by molar-refractivity contribution is 6.06. The minimum absolute atomic E-state index is 0.117. The lowest BCUT2D eigenvalue weighted by atomic mass is 10.1. The maximum absolute atomic E-state index is 12.7. The van der Waals surface area contributed by atoms with Crippen molar-refractivity contribution in [1.82, 2.24) is 0 Å². The number of hydrogen-bond acceptors (Lipinski definition) is 3. The van der Waals surface area contributed by atoms with Gasteiger partial charge in [-0.25, -0.2) is 0 Å². The van der Waals surface area contributed by atoms with Crippen LogP contribution in [0, 0.1) is 6.92 Å². The molecule has 0 aliphatic rings. The minimum Gasteiger partial charge on any atom is -0.480 e. The lowest BCUT2D eigenvalue weighted by Gasteiger charge is -2.19. The van der Waals surface area contributed by atoms with Gasteiger partial charge in [-0.15, -0.1) is 0 Å². The number of nitrogens with zero attached hydrogens (tertiary/aromatic N) is 1. The van der Waals surface area contributed by atoms with Crippen LogP contribution in [0.2, 0.25) is 0 Å². The van der Waals surface area contributed by atoms with E-state index in [-0.39, 0.29) is 11.8 Å². The highest BCUT2D eigenvalue weighted by Gasteiger charge is 2.20. The van der Waals surface area contributed by atoms with E-state index < -0.39 is 6.10 Å². The number of para-hydroxylation sites is 2. The number of hydrogen-bond donors (Lipinski definition) is 1. The molecule has 3 aromatic carbocycles. The molecule has 0 fully saturated rings. The first kappa shape index (κ1) is 21.1. The number of aryl methyl sites for hydroxylation is 1. The molecule has 5 heteroatoms. The highest BCUT2D eigenvalue weighted by atomic mass is 16.5. The first-order valence-corrected chi connectivity index (χ1v) is 9.96. The van der Waals surface area contributed by atoms with Crippen molar-refractivity contribution in [2.45, 2.75) is 26.4 Å². The Balaban J connectivity index is 1.65. The fourth-order valence-electron chi connectivity index (χ4n) is 3.05. The summed E-state index contributed by atoms with van der Waals surface area (Å²) in [5.41, 5.74) is 2.96. The zero-order valence-corrected chi connectivity index (χ0v) is 17.5. The van der Waals surface area contributed by atoms with Crippen LogP contribution < -0.4 is 15.0 Å². The van der Waals surface area contributed by atoms with Gasteiger partial charge >= 0.3 is 0 Å². The standard InChI is InChI=1S/C25H26N2O3/c1-4-22(30-23-13-9-8-10-18(23)2)24(28)26-20-16-14-19(15-17-20)25(29)27(3)21-11-6-5-7-12-21/h5-17,22H,4H2,1-3H3,(H,26,28). The second kappa shape index (κ2) is 9.74. The Labute approximate surface area is 177 Å². The van der Waals surface area contributed by atoms with E-state index in [0.717, 1.165) is 11.3 Å². The highest BCUT2D eigenvalue weighted by Crippen LogP contribution is 2.20. The van der Waals surface area contributed by atoms with Gasteiger partial charge in [0.1, 0.15) is 5.75 Å². The van der Waals surface area contributed by atoms with Crippen molar-refractivity contribution in [1.29, 1.82) is 0 Å². The Bertz CT molecular complexity index is 1000. The molecule has 0 spiro atoms. The summed E-state index contributed by atoms with van der Waals surface area (Å²) >= 11 is 0. The average molecular weight is 402 g/mol. The third kappa shape index (κ3) is 5.06. The molecule has 0 saturated carbocycles. The van der Waals surface area contributed by atoms with E-state index in [9.17, 15) is 9.59 Å². The van der Waals surface area contributed by atoms with Gasteiger partial charge in [-0.1, -0.05) is 43.3 Å². The van der Waals surface area contributed by atoms with Crippen molar-refractivity contribution in [2.75, 3.05) is 17.3 Å². The van der Waals surface area contributed by atoms with Crippen LogP contribution in [-0.4, -0.2) is 25.0 Å². The summed E-state index contributed by atoms with van der Waals surface area (Å²) < 4.78 is 5.90. The summed E-state index contributed by atoms with van der Waals surface area (Å²) in [6.45, 7) is 3.85. The third-order valence-electron chi connectivity index (χ3n) is 4.87. The van der Waals surface area contributed by atoms with Crippen LogP contribution in [0.4, 0.5) is 11.4 Å². The van der Waals surface area contributed by atoms with Crippen LogP contribution in [0.3, 0.4) is 0 Å². The van der Waals surface area contributed by atoms with Crippen LogP contribution in [0.15, 0.2) is 78.9 Å². The molecular weight excluding hydrogens is 376 g/mol. The summed E-state index contributed by atoms with van der Waals surface area (Å²) in [4.78, 5) is 26.9. The van der Waals surface area contributed by atoms with Gasteiger partial charge in [0.05, 0.1) is 0 Å². The summed E-state index contributed by atoms with van der Waals surface area (Å²) in [5, 5.41) is 2.87. The minimum atomic E-state index is -0.600. The molecule has 2 amide bonds. The monoisotopic (exact) mass is 402 g/mol. The van der Waals surface area contributed by atoms with E-state index in [4.69, 9.17) is 4.74 Å². The van der Waals surface area contributed by atoms with Gasteiger partial charge in [0, 0.05) is 24.0 Å². The van der Waals surface area contributed by atoms with Crippen LogP contribution in [-0.2, 0) is 4.79 Å². The largest absolute Gasteiger partial charge is 0.480 e. The van der Waals surface area contributed by atoms with Gasteiger partial charge in [-0.2, -0.15) is 0 Å². The van der Waals surface area contributed by atoms with Crippen molar-refractivity contribution < 1.29 is 14.3 Å². The summed E-state index contributed by atoms with van der Waals surface area (Å²) in [5.74, 6) is 0.360. The number of nitrogens with one attached hydrogen (secondary N) is 1. The number of carbonyl (C=O) groups excluding carboxylic acids is 2. The van der Waals surface area contributed by atoms with Gasteiger partial charge in [-0.05, 0) is 61.4 Å². The van der Waals surface area contributed by atoms with Crippen molar-refractivity contribution in [3.8, 4) is 5.75 Å². The van der Waals surface area contributed by atoms with Crippen molar-refractivity contribution in [3.05, 3.63) is 90.0 Å². The number of anilines is 2. The SMILES string of the molecule is CCC(Oc1ccccc1C)C(=O)Nc1ccc(C(=O)N(C)c2ccccc2)cc1. The smallest absolute Gasteiger partial charge is 0.265 e. The lowest BCUT2D eigenvalue weighted by molar-refractivity contribution is -0.122. The Morgan fingerprint density at radius 2 is 1.57 bits per heavy atom. The molecule has 0 heterocycles. The fraction of sp³-hybridized carbons (Fsp3) is 0.200. The molecule has 1 atom stereocenters. The predicted molar refractivity (Wildman–Crippen MR) is 120 cm³/mol. The summed E-state index contributed by atoms with van der Waals surface area (Å²) in [6, 6.07) is 23.9. The zero-order chi connectivity index (χ0) is 21.5. The normalized spacial score (nSPS) is 11.4. The lowest BCUT2D eigenvalue weighted by Crippen LogP contribution is -2.32. The molecule has 0 aromatic heterocycles. The van der Waals surface area contributed by atoms with Crippen molar-refractivity contribution in [3.63, 3.8) is 0 Å². The molecule has 30 heavy (non-hydrogen) atoms. The molecule has 0 aliphatic heterocycles. The Morgan fingerprint density at radius 1 is 0.933 bits per heavy atom. The maximum Gasteiger partial charge on any atom is 0.265 e. The van der Waals surface area contributed by atoms with E-state index in [1.165, 1.54) is 0 Å². The molecule has 3 rings (SSSR count). The summed E-state index contributed by atoms with van der Waals surface area (Å²) in [7, 11) is 1.74. The maximum atomic E-state index is 12.7. The topological polar surface area (TPSA) is 58.6 Å². The molecule has 0 radical (unpaired) electrons. The van der Waals surface area contributed by atoms with E-state index in [1.54, 1.807) is 36.2 Å². The molecule has 0 bridgehead atoms. The van der Waals surface area contributed by atoms with Crippen LogP contribution in [0.1, 0.15) is 29.3 Å². The van der Waals surface area contributed by atoms with E-state index >= 15 is 0 Å². The van der Waals surface area contributed by atoms with Crippen LogP contribution in [0.5, 0.6) is 5.75 Å². The Morgan fingerprint density at radius 3 is 2.20 bits per heavy atom. The predicted octanol–water partition coefficient (Wildman–Crippen LogP) is 5.07. The van der Waals surface area contributed by atoms with Crippen LogP contribution >= 0.6 is 0 Å². The molecule has 154 valence electrons. The van der Waals surface area contributed by atoms with Gasteiger partial charge in [0.25, 0.3) is 11.8 Å². The summed E-state index contributed by atoms with van der Waals surface area (Å²) in [6.07, 6.45) is -0.0601. The quantitative estimate of drug-likeness (QED) is 0.600. The fourth-order valence-corrected chi connectivity index (χ4v) is 3.05. The van der Waals surface area contributed by atoms with E-state index in [1.807, 2.05) is 68.4 Å². The Hall–Kier alpha value is -3.60. The average Bonchev–Trinajstić information content (AvgIpc) is 2.78. The molecule has 1 N–H and O–H groups in total. The third-order valence-corrected chi connectivity index (χ3v) is 4.87. The van der Waals surface area contributed by atoms with Crippen LogP contribution in [0.25, 0.3) is 0 Å².